The van der Waals surface area contributed by atoms with Crippen LogP contribution in [0.4, 0.5) is 16.2 Å². The number of anilines is 2. The van der Waals surface area contributed by atoms with Gasteiger partial charge >= 0.3 is 6.03 Å². The lowest BCUT2D eigenvalue weighted by molar-refractivity contribution is -0.135. The molecule has 190 valence electrons. The van der Waals surface area contributed by atoms with Gasteiger partial charge in [-0.2, -0.15) is 0 Å². The third-order valence-corrected chi connectivity index (χ3v) is 7.18. The van der Waals surface area contributed by atoms with Crippen LogP contribution in [-0.4, -0.2) is 60.7 Å². The Hall–Kier alpha value is -3.59. The number of nitrogens with one attached hydrogen (secondary N) is 3. The second kappa shape index (κ2) is 10.6. The summed E-state index contributed by atoms with van der Waals surface area (Å²) in [5.41, 5.74) is 1.54. The molecular weight excluding hydrogens is 460 g/mol. The minimum Gasteiger partial charge on any atom is -0.490 e. The van der Waals surface area contributed by atoms with Gasteiger partial charge in [-0.3, -0.25) is 9.59 Å². The summed E-state index contributed by atoms with van der Waals surface area (Å²) >= 11 is 0. The van der Waals surface area contributed by atoms with Gasteiger partial charge < -0.3 is 30.3 Å². The molecule has 2 aliphatic heterocycles. The number of ether oxygens (including phenoxy) is 2. The fourth-order valence-corrected chi connectivity index (χ4v) is 4.97. The number of hydrogen-bond donors (Lipinski definition) is 3. The first-order chi connectivity index (χ1) is 17.5. The fourth-order valence-electron chi connectivity index (χ4n) is 4.97. The monoisotopic (exact) mass is 492 g/mol. The Kier molecular flexibility index (Phi) is 7.09. The highest BCUT2D eigenvalue weighted by Gasteiger charge is 2.39. The van der Waals surface area contributed by atoms with Gasteiger partial charge in [-0.1, -0.05) is 18.2 Å². The summed E-state index contributed by atoms with van der Waals surface area (Å²) in [6.45, 7) is 0.275. The number of para-hydroxylation sites is 1. The zero-order valence-corrected chi connectivity index (χ0v) is 20.4. The van der Waals surface area contributed by atoms with E-state index in [2.05, 4.69) is 16.0 Å². The Labute approximate surface area is 210 Å². The van der Waals surface area contributed by atoms with Crippen LogP contribution in [0.5, 0.6) is 5.75 Å². The number of carbonyl (C=O) groups is 3. The quantitative estimate of drug-likeness (QED) is 0.589. The van der Waals surface area contributed by atoms with Gasteiger partial charge in [0.1, 0.15) is 18.5 Å². The van der Waals surface area contributed by atoms with E-state index in [4.69, 9.17) is 9.47 Å². The number of urea groups is 1. The van der Waals surface area contributed by atoms with Crippen molar-refractivity contribution in [1.82, 2.24) is 10.2 Å². The van der Waals surface area contributed by atoms with Crippen LogP contribution in [0.1, 0.15) is 48.9 Å². The van der Waals surface area contributed by atoms with Gasteiger partial charge in [0.25, 0.3) is 5.91 Å². The zero-order valence-electron chi connectivity index (χ0n) is 20.4. The van der Waals surface area contributed by atoms with Gasteiger partial charge in [-0.25, -0.2) is 4.79 Å². The predicted molar refractivity (Wildman–Crippen MR) is 135 cm³/mol. The van der Waals surface area contributed by atoms with Crippen LogP contribution in [-0.2, 0) is 9.53 Å². The molecule has 5 rings (SSSR count). The molecule has 1 saturated carbocycles. The molecule has 2 heterocycles. The number of fused-ring (bicyclic) bond motifs is 2. The van der Waals surface area contributed by atoms with Crippen molar-refractivity contribution in [2.24, 2.45) is 0 Å². The summed E-state index contributed by atoms with van der Waals surface area (Å²) in [6.07, 6.45) is 4.52. The summed E-state index contributed by atoms with van der Waals surface area (Å²) in [4.78, 5) is 39.9. The Morgan fingerprint density at radius 1 is 1.00 bits per heavy atom. The van der Waals surface area contributed by atoms with Gasteiger partial charge in [0.2, 0.25) is 5.91 Å². The highest BCUT2D eigenvalue weighted by Crippen LogP contribution is 2.32. The summed E-state index contributed by atoms with van der Waals surface area (Å²) in [7, 11) is 1.77. The van der Waals surface area contributed by atoms with Gasteiger partial charge in [0.05, 0.1) is 24.1 Å². The molecule has 9 nitrogen and oxygen atoms in total. The number of rotatable bonds is 5. The van der Waals surface area contributed by atoms with Gasteiger partial charge in [0.15, 0.2) is 0 Å². The van der Waals surface area contributed by atoms with Crippen LogP contribution in [0, 0.1) is 0 Å². The maximum atomic E-state index is 13.4. The summed E-state index contributed by atoms with van der Waals surface area (Å²) in [5.74, 6) is 0.269. The van der Waals surface area contributed by atoms with Gasteiger partial charge in [-0.15, -0.1) is 0 Å². The maximum absolute atomic E-state index is 13.4. The Morgan fingerprint density at radius 2 is 1.78 bits per heavy atom. The topological polar surface area (TPSA) is 109 Å². The average Bonchev–Trinajstić information content (AvgIpc) is 2.84. The molecule has 3 atom stereocenters. The largest absolute Gasteiger partial charge is 0.490 e. The molecule has 0 radical (unpaired) electrons. The molecule has 3 N–H and O–H groups in total. The standard InChI is InChI=1S/C27H32N4O5/c1-31-22-12-11-20(15-25(32)28-17-8-5-9-17)36-24(22)16-35-23-13-10-19(14-21(23)26(31)33)30-27(34)29-18-6-3-2-4-7-18/h2-4,6-7,10,13-14,17,20,22,24H,5,8-9,11-12,15-16H2,1H3,(H,28,32)(H2,29,30,34)/t20-,22-,24+/m1/s1. The molecular formula is C27H32N4O5. The van der Waals surface area contributed by atoms with Crippen molar-refractivity contribution in [3.05, 3.63) is 54.1 Å². The van der Waals surface area contributed by atoms with Crippen molar-refractivity contribution in [2.75, 3.05) is 24.3 Å². The molecule has 0 unspecified atom stereocenters. The molecule has 36 heavy (non-hydrogen) atoms. The van der Waals surface area contributed by atoms with E-state index in [1.54, 1.807) is 42.3 Å². The van der Waals surface area contributed by atoms with E-state index in [1.165, 1.54) is 6.42 Å². The minimum absolute atomic E-state index is 0.0287. The first-order valence-corrected chi connectivity index (χ1v) is 12.6. The van der Waals surface area contributed by atoms with Crippen LogP contribution in [0.2, 0.25) is 0 Å². The van der Waals surface area contributed by atoms with E-state index in [-0.39, 0.29) is 36.7 Å². The molecule has 4 amide bonds. The van der Waals surface area contributed by atoms with Crippen molar-refractivity contribution >= 4 is 29.2 Å². The fraction of sp³-hybridized carbons (Fsp3) is 0.444. The molecule has 0 aromatic heterocycles. The highest BCUT2D eigenvalue weighted by molar-refractivity contribution is 6.02. The Bertz CT molecular complexity index is 1120. The van der Waals surface area contributed by atoms with Crippen LogP contribution < -0.4 is 20.7 Å². The van der Waals surface area contributed by atoms with Crippen molar-refractivity contribution in [3.8, 4) is 5.75 Å². The molecule has 2 aromatic carbocycles. The summed E-state index contributed by atoms with van der Waals surface area (Å²) in [5, 5.41) is 8.61. The number of likely N-dealkylation sites (N-methyl/N-ethyl adjacent to an activating group) is 1. The first kappa shape index (κ1) is 24.1. The summed E-state index contributed by atoms with van der Waals surface area (Å²) in [6, 6.07) is 13.9. The normalized spacial score (nSPS) is 23.6. The van der Waals surface area contributed by atoms with Crippen molar-refractivity contribution < 1.29 is 23.9 Å². The van der Waals surface area contributed by atoms with E-state index in [0.717, 1.165) is 19.3 Å². The van der Waals surface area contributed by atoms with Crippen molar-refractivity contribution in [2.45, 2.75) is 62.8 Å². The highest BCUT2D eigenvalue weighted by atomic mass is 16.5. The second-order valence-electron chi connectivity index (χ2n) is 9.72. The first-order valence-electron chi connectivity index (χ1n) is 12.6. The predicted octanol–water partition coefficient (Wildman–Crippen LogP) is 3.77. The minimum atomic E-state index is -0.401. The molecule has 0 bridgehead atoms. The third kappa shape index (κ3) is 5.46. The van der Waals surface area contributed by atoms with Gasteiger partial charge in [0, 0.05) is 24.5 Å². The number of benzene rings is 2. The number of nitrogens with zero attached hydrogens (tertiary/aromatic N) is 1. The smallest absolute Gasteiger partial charge is 0.323 e. The van der Waals surface area contributed by atoms with E-state index in [0.29, 0.717) is 41.6 Å². The van der Waals surface area contributed by atoms with Crippen LogP contribution in [0.15, 0.2) is 48.5 Å². The third-order valence-electron chi connectivity index (χ3n) is 7.18. The van der Waals surface area contributed by atoms with Crippen molar-refractivity contribution in [3.63, 3.8) is 0 Å². The molecule has 0 spiro atoms. The molecule has 1 aliphatic carbocycles. The molecule has 3 aliphatic rings. The molecule has 1 saturated heterocycles. The zero-order chi connectivity index (χ0) is 25.1. The lowest BCUT2D eigenvalue weighted by Crippen LogP contribution is -2.54. The van der Waals surface area contributed by atoms with Crippen LogP contribution in [0.25, 0.3) is 0 Å². The lowest BCUT2D eigenvalue weighted by atomic mass is 9.92. The molecule has 9 heteroatoms. The van der Waals surface area contributed by atoms with E-state index in [1.807, 2.05) is 18.2 Å². The maximum Gasteiger partial charge on any atom is 0.323 e. The molecule has 2 aromatic rings. The van der Waals surface area contributed by atoms with E-state index < -0.39 is 6.03 Å². The van der Waals surface area contributed by atoms with Crippen LogP contribution in [0.3, 0.4) is 0 Å². The average molecular weight is 493 g/mol. The number of carbonyl (C=O) groups excluding carboxylic acids is 3. The SMILES string of the molecule is CN1C(=O)c2cc(NC(=O)Nc3ccccc3)ccc2OC[C@@H]2O[C@@H](CC(=O)NC3CCC3)CC[C@H]21. The van der Waals surface area contributed by atoms with Gasteiger partial charge in [-0.05, 0) is 62.4 Å². The van der Waals surface area contributed by atoms with E-state index >= 15 is 0 Å². The Morgan fingerprint density at radius 3 is 2.53 bits per heavy atom. The van der Waals surface area contributed by atoms with E-state index in [9.17, 15) is 14.4 Å². The number of amides is 4. The van der Waals surface area contributed by atoms with Crippen molar-refractivity contribution in [1.29, 1.82) is 0 Å². The number of hydrogen-bond acceptors (Lipinski definition) is 5. The Balaban J connectivity index is 1.23. The summed E-state index contributed by atoms with van der Waals surface area (Å²) < 4.78 is 12.3. The second-order valence-corrected chi connectivity index (χ2v) is 9.72. The molecule has 2 fully saturated rings. The lowest BCUT2D eigenvalue weighted by Gasteiger charge is -2.42. The van der Waals surface area contributed by atoms with Crippen LogP contribution >= 0.6 is 0 Å².